The first-order valence-electron chi connectivity index (χ1n) is 12.8. The lowest BCUT2D eigenvalue weighted by molar-refractivity contribution is -0.274. The van der Waals surface area contributed by atoms with Crippen molar-refractivity contribution in [3.05, 3.63) is 89.1 Å². The number of para-hydroxylation sites is 1. The van der Waals surface area contributed by atoms with Gasteiger partial charge in [-0.3, -0.25) is 14.4 Å². The van der Waals surface area contributed by atoms with E-state index in [2.05, 4.69) is 33.9 Å². The molecular formula is C30H26F3N5O2S. The number of rotatable bonds is 7. The van der Waals surface area contributed by atoms with Gasteiger partial charge in [0.2, 0.25) is 5.91 Å². The molecule has 41 heavy (non-hydrogen) atoms. The largest absolute Gasteiger partial charge is 0.573 e. The lowest BCUT2D eigenvalue weighted by Crippen LogP contribution is -2.30. The number of carbonyl (C=O) groups excluding carboxylic acids is 1. The Labute approximate surface area is 239 Å². The Morgan fingerprint density at radius 1 is 1.02 bits per heavy atom. The Hall–Kier alpha value is -4.38. The van der Waals surface area contributed by atoms with Gasteiger partial charge >= 0.3 is 6.36 Å². The number of nitrogens with zero attached hydrogens (tertiary/aromatic N) is 5. The summed E-state index contributed by atoms with van der Waals surface area (Å²) < 4.78 is 42.8. The minimum atomic E-state index is -4.73. The van der Waals surface area contributed by atoms with Crippen molar-refractivity contribution in [3.8, 4) is 5.75 Å². The van der Waals surface area contributed by atoms with E-state index in [-0.39, 0.29) is 17.6 Å². The van der Waals surface area contributed by atoms with Gasteiger partial charge in [-0.05, 0) is 59.0 Å². The Bertz CT molecular complexity index is 1670. The van der Waals surface area contributed by atoms with E-state index in [1.54, 1.807) is 27.9 Å². The van der Waals surface area contributed by atoms with Crippen molar-refractivity contribution >= 4 is 57.8 Å². The van der Waals surface area contributed by atoms with Crippen molar-refractivity contribution in [2.75, 3.05) is 10.7 Å². The van der Waals surface area contributed by atoms with Crippen molar-refractivity contribution in [1.82, 2.24) is 9.78 Å². The molecule has 3 aromatic carbocycles. The molecule has 5 rings (SSSR count). The topological polar surface area (TPSA) is 72.1 Å². The monoisotopic (exact) mass is 577 g/mol. The first kappa shape index (κ1) is 28.2. The molecule has 0 N–H and O–H groups in total. The molecule has 1 aliphatic rings. The molecule has 7 nitrogen and oxygen atoms in total. The maximum atomic E-state index is 12.7. The second-order valence-corrected chi connectivity index (χ2v) is 10.5. The molecular weight excluding hydrogens is 551 g/mol. The molecule has 0 bridgehead atoms. The molecule has 0 spiro atoms. The zero-order valence-corrected chi connectivity index (χ0v) is 23.3. The number of carbonyl (C=O) groups is 1. The maximum Gasteiger partial charge on any atom is 0.573 e. The van der Waals surface area contributed by atoms with Gasteiger partial charge in [0, 0.05) is 12.4 Å². The molecule has 2 heterocycles. The van der Waals surface area contributed by atoms with Gasteiger partial charge in [0.05, 0.1) is 28.9 Å². The predicted molar refractivity (Wildman–Crippen MR) is 158 cm³/mol. The van der Waals surface area contributed by atoms with Gasteiger partial charge in [0.15, 0.2) is 5.17 Å². The number of amidine groups is 1. The third-order valence-corrected chi connectivity index (χ3v) is 7.28. The lowest BCUT2D eigenvalue weighted by atomic mass is 10.0. The number of aromatic nitrogens is 2. The number of hydrogen-bond acceptors (Lipinski definition) is 6. The van der Waals surface area contributed by atoms with Crippen molar-refractivity contribution in [1.29, 1.82) is 0 Å². The van der Waals surface area contributed by atoms with Crippen molar-refractivity contribution < 1.29 is 22.7 Å². The van der Waals surface area contributed by atoms with Crippen LogP contribution < -0.4 is 9.64 Å². The van der Waals surface area contributed by atoms with Gasteiger partial charge in [0.25, 0.3) is 0 Å². The van der Waals surface area contributed by atoms with Gasteiger partial charge in [-0.25, -0.2) is 0 Å². The first-order chi connectivity index (χ1) is 19.6. The molecule has 1 amide bonds. The number of halogens is 3. The summed E-state index contributed by atoms with van der Waals surface area (Å²) in [5.74, 6) is 0.255. The lowest BCUT2D eigenvalue weighted by Gasteiger charge is -2.20. The quantitative estimate of drug-likeness (QED) is 0.172. The summed E-state index contributed by atoms with van der Waals surface area (Å²) in [6, 6.07) is 19.2. The van der Waals surface area contributed by atoms with Crippen molar-refractivity contribution in [2.24, 2.45) is 17.3 Å². The summed E-state index contributed by atoms with van der Waals surface area (Å²) >= 11 is 1.36. The Balaban J connectivity index is 1.34. The highest BCUT2D eigenvalue weighted by molar-refractivity contribution is 8.15. The Morgan fingerprint density at radius 2 is 1.76 bits per heavy atom. The zero-order chi connectivity index (χ0) is 29.1. The van der Waals surface area contributed by atoms with Crippen LogP contribution in [0.4, 0.5) is 18.9 Å². The zero-order valence-electron chi connectivity index (χ0n) is 22.5. The summed E-state index contributed by atoms with van der Waals surface area (Å²) in [7, 11) is 1.83. The van der Waals surface area contributed by atoms with Crippen molar-refractivity contribution in [3.63, 3.8) is 0 Å². The average molecular weight is 578 g/mol. The summed E-state index contributed by atoms with van der Waals surface area (Å²) in [6.07, 6.45) is 0.485. The number of fused-ring (bicyclic) bond motifs is 1. The van der Waals surface area contributed by atoms with E-state index in [0.717, 1.165) is 27.7 Å². The van der Waals surface area contributed by atoms with Crippen LogP contribution in [-0.4, -0.2) is 39.2 Å². The number of aryl methyl sites for hydroxylation is 1. The highest BCUT2D eigenvalue weighted by atomic mass is 32.2. The number of benzene rings is 3. The Kier molecular flexibility index (Phi) is 7.98. The van der Waals surface area contributed by atoms with E-state index in [9.17, 15) is 18.0 Å². The number of anilines is 1. The van der Waals surface area contributed by atoms with Crippen LogP contribution >= 0.6 is 11.8 Å². The minimum Gasteiger partial charge on any atom is -0.406 e. The van der Waals surface area contributed by atoms with Gasteiger partial charge in [-0.15, -0.1) is 18.3 Å². The first-order valence-corrected chi connectivity index (χ1v) is 13.7. The van der Waals surface area contributed by atoms with E-state index in [0.29, 0.717) is 22.2 Å². The average Bonchev–Trinajstić information content (AvgIpc) is 3.45. The highest BCUT2D eigenvalue weighted by Gasteiger charge is 2.32. The fourth-order valence-corrected chi connectivity index (χ4v) is 5.27. The van der Waals surface area contributed by atoms with Gasteiger partial charge in [-0.2, -0.15) is 10.2 Å². The van der Waals surface area contributed by atoms with Crippen LogP contribution in [-0.2, 0) is 11.8 Å². The number of hydrogen-bond donors (Lipinski definition) is 0. The van der Waals surface area contributed by atoms with Crippen LogP contribution in [0.25, 0.3) is 23.1 Å². The normalized spacial score (nSPS) is 15.4. The molecule has 0 aliphatic carbocycles. The smallest absolute Gasteiger partial charge is 0.406 e. The second-order valence-electron chi connectivity index (χ2n) is 9.59. The third kappa shape index (κ3) is 6.51. The number of ether oxygens (including phenoxy) is 1. The predicted octanol–water partition coefficient (Wildman–Crippen LogP) is 7.24. The second kappa shape index (κ2) is 11.6. The van der Waals surface area contributed by atoms with Gasteiger partial charge in [-0.1, -0.05) is 68.1 Å². The van der Waals surface area contributed by atoms with Crippen LogP contribution in [0.3, 0.4) is 0 Å². The maximum absolute atomic E-state index is 12.7. The van der Waals surface area contributed by atoms with Crippen LogP contribution in [0, 0.1) is 0 Å². The number of thioether (sulfide) groups is 1. The SMILES string of the molecule is CC(C)c1ccccc1N1C(=O)CSC1=NN=Cc1ccc2c(/C=C/c3ccc(OC(F)(F)F)cc3)nn(C)c2c1. The fourth-order valence-electron chi connectivity index (χ4n) is 4.46. The van der Waals surface area contributed by atoms with E-state index >= 15 is 0 Å². The standard InChI is InChI=1S/C30H26F3N5O2S/c1-19(2)23-6-4-5-7-26(23)38-28(39)18-41-29(38)35-34-17-21-10-14-24-25(36-37(3)27(24)16-21)15-11-20-8-12-22(13-9-20)40-30(31,32)33/h4-17,19H,18H2,1-3H3/b15-11+,34-17?,35-29?. The Morgan fingerprint density at radius 3 is 2.49 bits per heavy atom. The van der Waals surface area contributed by atoms with E-state index in [1.165, 1.54) is 36.0 Å². The number of alkyl halides is 3. The van der Waals surface area contributed by atoms with Crippen LogP contribution in [0.1, 0.15) is 42.1 Å². The molecule has 0 radical (unpaired) electrons. The summed E-state index contributed by atoms with van der Waals surface area (Å²) in [5, 5.41) is 14.7. The fraction of sp³-hybridized carbons (Fsp3) is 0.200. The molecule has 0 unspecified atom stereocenters. The summed E-state index contributed by atoms with van der Waals surface area (Å²) in [6.45, 7) is 4.18. The molecule has 4 aromatic rings. The molecule has 1 saturated heterocycles. The molecule has 0 saturated carbocycles. The summed E-state index contributed by atoms with van der Waals surface area (Å²) in [5.41, 5.74) is 4.99. The van der Waals surface area contributed by atoms with Crippen LogP contribution in [0.15, 0.2) is 76.9 Å². The van der Waals surface area contributed by atoms with E-state index < -0.39 is 6.36 Å². The highest BCUT2D eigenvalue weighted by Crippen LogP contribution is 2.33. The van der Waals surface area contributed by atoms with E-state index in [4.69, 9.17) is 0 Å². The molecule has 11 heteroatoms. The molecule has 0 atom stereocenters. The molecule has 1 aliphatic heterocycles. The van der Waals surface area contributed by atoms with Gasteiger partial charge < -0.3 is 4.74 Å². The summed E-state index contributed by atoms with van der Waals surface area (Å²) in [4.78, 5) is 14.3. The molecule has 1 fully saturated rings. The van der Waals surface area contributed by atoms with E-state index in [1.807, 2.05) is 49.5 Å². The number of amides is 1. The third-order valence-electron chi connectivity index (χ3n) is 6.37. The minimum absolute atomic E-state index is 0.0282. The molecule has 210 valence electrons. The van der Waals surface area contributed by atoms with Crippen LogP contribution in [0.5, 0.6) is 5.75 Å². The van der Waals surface area contributed by atoms with Gasteiger partial charge in [0.1, 0.15) is 5.75 Å². The molecule has 1 aromatic heterocycles. The van der Waals surface area contributed by atoms with Crippen molar-refractivity contribution in [2.45, 2.75) is 26.1 Å². The van der Waals surface area contributed by atoms with Crippen LogP contribution in [0.2, 0.25) is 0 Å².